The van der Waals surface area contributed by atoms with Gasteiger partial charge in [0.15, 0.2) is 0 Å². The summed E-state index contributed by atoms with van der Waals surface area (Å²) in [5, 5.41) is 0. The molecule has 4 N–H and O–H groups in total. The Morgan fingerprint density at radius 3 is 2.29 bits per heavy atom. The zero-order chi connectivity index (χ0) is 9.97. The lowest BCUT2D eigenvalue weighted by molar-refractivity contribution is 0.501. The second kappa shape index (κ2) is 8.59. The van der Waals surface area contributed by atoms with Crippen LogP contribution < -0.4 is 10.6 Å². The number of benzene rings is 1. The van der Waals surface area contributed by atoms with Crippen molar-refractivity contribution >= 4 is 30.5 Å². The highest BCUT2D eigenvalue weighted by Gasteiger charge is 2.15. The summed E-state index contributed by atoms with van der Waals surface area (Å²) in [6.45, 7) is 4.34. The van der Waals surface area contributed by atoms with Gasteiger partial charge in [0, 0.05) is 24.8 Å². The van der Waals surface area contributed by atoms with Crippen LogP contribution in [0.1, 0.15) is 18.4 Å². The molecule has 3 nitrogen and oxygen atoms in total. The zero-order valence-electron chi connectivity index (χ0n) is 10.1. The molecule has 1 aromatic carbocycles. The SMILES string of the molecule is Cc1cccc(N2CCC(N)CC2)c1.Cl.Cl.O. The van der Waals surface area contributed by atoms with Crippen molar-refractivity contribution in [1.82, 2.24) is 0 Å². The van der Waals surface area contributed by atoms with Gasteiger partial charge in [-0.25, -0.2) is 0 Å². The summed E-state index contributed by atoms with van der Waals surface area (Å²) in [5.41, 5.74) is 8.55. The zero-order valence-corrected chi connectivity index (χ0v) is 11.7. The minimum absolute atomic E-state index is 0. The van der Waals surface area contributed by atoms with Crippen LogP contribution in [0.2, 0.25) is 0 Å². The van der Waals surface area contributed by atoms with Crippen molar-refractivity contribution in [2.75, 3.05) is 18.0 Å². The van der Waals surface area contributed by atoms with Crippen LogP contribution in [0.5, 0.6) is 0 Å². The maximum atomic E-state index is 5.88. The normalized spacial score (nSPS) is 15.3. The van der Waals surface area contributed by atoms with E-state index in [4.69, 9.17) is 5.73 Å². The third-order valence-electron chi connectivity index (χ3n) is 2.91. The maximum absolute atomic E-state index is 5.88. The number of aryl methyl sites for hydroxylation is 1. The molecule has 5 heteroatoms. The number of hydrogen-bond donors (Lipinski definition) is 1. The molecule has 0 unspecified atom stereocenters. The Balaban J connectivity index is 0. The maximum Gasteiger partial charge on any atom is 0.0368 e. The second-order valence-corrected chi connectivity index (χ2v) is 4.16. The second-order valence-electron chi connectivity index (χ2n) is 4.16. The van der Waals surface area contributed by atoms with E-state index >= 15 is 0 Å². The summed E-state index contributed by atoms with van der Waals surface area (Å²) in [7, 11) is 0. The van der Waals surface area contributed by atoms with Crippen LogP contribution in [-0.4, -0.2) is 24.6 Å². The van der Waals surface area contributed by atoms with Gasteiger partial charge in [-0.1, -0.05) is 12.1 Å². The Morgan fingerprint density at radius 1 is 1.18 bits per heavy atom. The van der Waals surface area contributed by atoms with Crippen LogP contribution in [0.15, 0.2) is 24.3 Å². The molecule has 0 aromatic heterocycles. The first-order chi connectivity index (χ1) is 6.75. The molecular weight excluding hydrogens is 259 g/mol. The van der Waals surface area contributed by atoms with Gasteiger partial charge in [-0.2, -0.15) is 0 Å². The fourth-order valence-corrected chi connectivity index (χ4v) is 1.98. The molecule has 100 valence electrons. The van der Waals surface area contributed by atoms with Crippen molar-refractivity contribution in [2.45, 2.75) is 25.8 Å². The topological polar surface area (TPSA) is 60.8 Å². The van der Waals surface area contributed by atoms with Gasteiger partial charge in [-0.15, -0.1) is 24.8 Å². The van der Waals surface area contributed by atoms with E-state index in [0.29, 0.717) is 6.04 Å². The molecule has 1 aromatic rings. The van der Waals surface area contributed by atoms with Crippen molar-refractivity contribution < 1.29 is 5.48 Å². The summed E-state index contributed by atoms with van der Waals surface area (Å²) >= 11 is 0. The largest absolute Gasteiger partial charge is 0.412 e. The quantitative estimate of drug-likeness (QED) is 0.855. The number of anilines is 1. The summed E-state index contributed by atoms with van der Waals surface area (Å²) in [4.78, 5) is 2.43. The Bertz CT molecular complexity index is 315. The average Bonchev–Trinajstić information content (AvgIpc) is 2.19. The number of nitrogens with zero attached hydrogens (tertiary/aromatic N) is 1. The highest BCUT2D eigenvalue weighted by Crippen LogP contribution is 2.19. The monoisotopic (exact) mass is 280 g/mol. The van der Waals surface area contributed by atoms with E-state index in [1.165, 1.54) is 11.3 Å². The standard InChI is InChI=1S/C12H18N2.2ClH.H2O/c1-10-3-2-4-12(9-10)14-7-5-11(13)6-8-14;;;/h2-4,9,11H,5-8,13H2,1H3;2*1H;1H2. The number of rotatable bonds is 1. The lowest BCUT2D eigenvalue weighted by Gasteiger charge is -2.32. The first-order valence-electron chi connectivity index (χ1n) is 5.33. The molecule has 0 bridgehead atoms. The lowest BCUT2D eigenvalue weighted by Crippen LogP contribution is -2.39. The third-order valence-corrected chi connectivity index (χ3v) is 2.91. The molecule has 1 aliphatic rings. The molecule has 0 amide bonds. The van der Waals surface area contributed by atoms with E-state index < -0.39 is 0 Å². The summed E-state index contributed by atoms with van der Waals surface area (Å²) < 4.78 is 0. The molecule has 17 heavy (non-hydrogen) atoms. The van der Waals surface area contributed by atoms with Crippen molar-refractivity contribution in [3.63, 3.8) is 0 Å². The van der Waals surface area contributed by atoms with E-state index in [-0.39, 0.29) is 30.3 Å². The Morgan fingerprint density at radius 2 is 1.76 bits per heavy atom. The predicted molar refractivity (Wildman–Crippen MR) is 78.7 cm³/mol. The lowest BCUT2D eigenvalue weighted by atomic mass is 10.1. The molecule has 1 aliphatic heterocycles. The van der Waals surface area contributed by atoms with Crippen LogP contribution in [0.3, 0.4) is 0 Å². The summed E-state index contributed by atoms with van der Waals surface area (Å²) in [6, 6.07) is 9.11. The smallest absolute Gasteiger partial charge is 0.0368 e. The minimum atomic E-state index is 0. The van der Waals surface area contributed by atoms with Gasteiger partial charge in [0.1, 0.15) is 0 Å². The van der Waals surface area contributed by atoms with Gasteiger partial charge < -0.3 is 16.1 Å². The van der Waals surface area contributed by atoms with Crippen LogP contribution >= 0.6 is 24.8 Å². The van der Waals surface area contributed by atoms with Crippen LogP contribution in [-0.2, 0) is 0 Å². The molecule has 1 heterocycles. The highest BCUT2D eigenvalue weighted by atomic mass is 35.5. The first kappa shape index (κ1) is 18.9. The van der Waals surface area contributed by atoms with Crippen LogP contribution in [0.4, 0.5) is 5.69 Å². The van der Waals surface area contributed by atoms with Gasteiger partial charge >= 0.3 is 0 Å². The highest BCUT2D eigenvalue weighted by molar-refractivity contribution is 5.85. The number of piperidine rings is 1. The minimum Gasteiger partial charge on any atom is -0.412 e. The van der Waals surface area contributed by atoms with E-state index in [9.17, 15) is 0 Å². The average molecular weight is 281 g/mol. The number of hydrogen-bond acceptors (Lipinski definition) is 2. The van der Waals surface area contributed by atoms with Crippen LogP contribution in [0.25, 0.3) is 0 Å². The Kier molecular flexibility index (Phi) is 9.53. The molecule has 1 fully saturated rings. The molecule has 0 saturated carbocycles. The van der Waals surface area contributed by atoms with Gasteiger partial charge in [0.25, 0.3) is 0 Å². The molecule has 0 atom stereocenters. The summed E-state index contributed by atoms with van der Waals surface area (Å²) in [5.74, 6) is 0. The number of nitrogens with two attached hydrogens (primary N) is 1. The fourth-order valence-electron chi connectivity index (χ4n) is 1.98. The molecule has 0 spiro atoms. The van der Waals surface area contributed by atoms with Crippen molar-refractivity contribution in [3.05, 3.63) is 29.8 Å². The van der Waals surface area contributed by atoms with E-state index in [0.717, 1.165) is 25.9 Å². The van der Waals surface area contributed by atoms with Gasteiger partial charge in [-0.05, 0) is 37.5 Å². The number of halogens is 2. The van der Waals surface area contributed by atoms with Gasteiger partial charge in [-0.3, -0.25) is 0 Å². The van der Waals surface area contributed by atoms with Gasteiger partial charge in [0.2, 0.25) is 0 Å². The molecule has 0 radical (unpaired) electrons. The van der Waals surface area contributed by atoms with Crippen molar-refractivity contribution in [2.24, 2.45) is 5.73 Å². The molecule has 0 aliphatic carbocycles. The Hall–Kier alpha value is -0.480. The first-order valence-corrected chi connectivity index (χ1v) is 5.33. The van der Waals surface area contributed by atoms with Crippen molar-refractivity contribution in [1.29, 1.82) is 0 Å². The van der Waals surface area contributed by atoms with Crippen LogP contribution in [0, 0.1) is 6.92 Å². The third kappa shape index (κ3) is 5.13. The molecule has 1 saturated heterocycles. The van der Waals surface area contributed by atoms with Crippen molar-refractivity contribution in [3.8, 4) is 0 Å². The van der Waals surface area contributed by atoms with E-state index in [2.05, 4.69) is 36.1 Å². The molecule has 2 rings (SSSR count). The van der Waals surface area contributed by atoms with E-state index in [1.54, 1.807) is 0 Å². The predicted octanol–water partition coefficient (Wildman–Crippen LogP) is 1.94. The molecular formula is C12H22Cl2N2O. The summed E-state index contributed by atoms with van der Waals surface area (Å²) in [6.07, 6.45) is 2.24. The van der Waals surface area contributed by atoms with E-state index in [1.807, 2.05) is 0 Å². The fraction of sp³-hybridized carbons (Fsp3) is 0.500. The van der Waals surface area contributed by atoms with Gasteiger partial charge in [0.05, 0.1) is 0 Å². The Labute approximate surface area is 116 Å².